The van der Waals surface area contributed by atoms with Crippen LogP contribution in [-0.2, 0) is 9.47 Å². The van der Waals surface area contributed by atoms with Crippen molar-refractivity contribution in [1.29, 1.82) is 0 Å². The van der Waals surface area contributed by atoms with Gasteiger partial charge in [0.2, 0.25) is 0 Å². The third-order valence-electron chi connectivity index (χ3n) is 5.31. The van der Waals surface area contributed by atoms with Crippen molar-refractivity contribution in [2.24, 2.45) is 0 Å². The number of rotatable bonds is 5. The molecule has 4 rings (SSSR count). The highest BCUT2D eigenvalue weighted by molar-refractivity contribution is 5.90. The van der Waals surface area contributed by atoms with E-state index in [1.807, 2.05) is 0 Å². The van der Waals surface area contributed by atoms with Crippen molar-refractivity contribution >= 4 is 23.6 Å². The number of cyclic esters (lactones) is 1. The molecule has 192 valence electrons. The molecule has 1 aromatic rings. The number of alkyl halides is 3. The predicted octanol–water partition coefficient (Wildman–Crippen LogP) is 1.41. The Morgan fingerprint density at radius 2 is 1.91 bits per heavy atom. The summed E-state index contributed by atoms with van der Waals surface area (Å²) < 4.78 is 76.2. The second kappa shape index (κ2) is 9.99. The molecule has 1 atom stereocenters. The largest absolute Gasteiger partial charge is 0.442 e. The molecular weight excluding hydrogens is 485 g/mol. The van der Waals surface area contributed by atoms with Gasteiger partial charge in [-0.15, -0.1) is 5.53 Å². The van der Waals surface area contributed by atoms with E-state index in [0.29, 0.717) is 6.54 Å². The molecule has 3 aliphatic heterocycles. The summed E-state index contributed by atoms with van der Waals surface area (Å²) in [6, 6.07) is 2.01. The third-order valence-corrected chi connectivity index (χ3v) is 5.31. The van der Waals surface area contributed by atoms with Crippen LogP contribution in [-0.4, -0.2) is 80.4 Å². The number of ether oxygens (including phenoxy) is 2. The van der Waals surface area contributed by atoms with Crippen molar-refractivity contribution in [2.75, 3.05) is 55.7 Å². The van der Waals surface area contributed by atoms with Gasteiger partial charge in [-0.1, -0.05) is 0 Å². The zero-order valence-electron chi connectivity index (χ0n) is 18.1. The number of carbonyl (C=O) groups is 2. The smallest absolute Gasteiger partial charge is 0.424 e. The van der Waals surface area contributed by atoms with Crippen molar-refractivity contribution in [2.45, 2.75) is 12.3 Å². The normalized spacial score (nSPS) is 20.7. The van der Waals surface area contributed by atoms with Gasteiger partial charge in [-0.3, -0.25) is 9.91 Å². The Hall–Kier alpha value is -3.53. The van der Waals surface area contributed by atoms with E-state index in [4.69, 9.17) is 4.74 Å². The van der Waals surface area contributed by atoms with Crippen molar-refractivity contribution in [3.05, 3.63) is 36.2 Å². The lowest BCUT2D eigenvalue weighted by molar-refractivity contribution is -0.163. The molecule has 3 aliphatic rings. The van der Waals surface area contributed by atoms with Crippen molar-refractivity contribution in [3.63, 3.8) is 0 Å². The summed E-state index contributed by atoms with van der Waals surface area (Å²) >= 11 is 0. The van der Waals surface area contributed by atoms with Crippen LogP contribution >= 0.6 is 0 Å². The zero-order chi connectivity index (χ0) is 25.2. The molecule has 35 heavy (non-hydrogen) atoms. The van der Waals surface area contributed by atoms with Gasteiger partial charge >= 0.3 is 18.4 Å². The van der Waals surface area contributed by atoms with Crippen LogP contribution in [0.1, 0.15) is 0 Å². The van der Waals surface area contributed by atoms with Gasteiger partial charge in [-0.05, 0) is 0 Å². The van der Waals surface area contributed by atoms with E-state index in [1.165, 1.54) is 4.90 Å². The highest BCUT2D eigenvalue weighted by Gasteiger charge is 2.35. The zero-order valence-corrected chi connectivity index (χ0v) is 18.1. The topological polar surface area (TPSA) is 102 Å². The summed E-state index contributed by atoms with van der Waals surface area (Å²) in [6.45, 7) is -1.58. The summed E-state index contributed by atoms with van der Waals surface area (Å²) in [7, 11) is 0. The summed E-state index contributed by atoms with van der Waals surface area (Å²) in [5.74, 6) is -1.89. The average Bonchev–Trinajstić information content (AvgIpc) is 3.34. The van der Waals surface area contributed by atoms with Crippen molar-refractivity contribution < 1.29 is 41.0 Å². The van der Waals surface area contributed by atoms with Gasteiger partial charge in [0, 0.05) is 44.2 Å². The van der Waals surface area contributed by atoms with Crippen LogP contribution in [0.4, 0.5) is 42.9 Å². The molecule has 0 radical (unpaired) electrons. The summed E-state index contributed by atoms with van der Waals surface area (Å²) in [5, 5.41) is 2.46. The average molecular weight is 507 g/mol. The SMILES string of the molecule is O=C(OCC(F)(F)F)N1CCN(c2c(F)cc(N3CC(CN4C=CNN4)OC3=O)cc2F)CCN1. The summed E-state index contributed by atoms with van der Waals surface area (Å²) in [5.41, 5.74) is 7.69. The van der Waals surface area contributed by atoms with Crippen LogP contribution in [0.2, 0.25) is 0 Å². The molecule has 0 aromatic heterocycles. The van der Waals surface area contributed by atoms with E-state index >= 15 is 0 Å². The molecule has 2 saturated heterocycles. The second-order valence-corrected chi connectivity index (χ2v) is 7.82. The fourth-order valence-electron chi connectivity index (χ4n) is 3.78. The van der Waals surface area contributed by atoms with Crippen LogP contribution in [0.3, 0.4) is 0 Å². The maximum atomic E-state index is 15.0. The van der Waals surface area contributed by atoms with E-state index in [-0.39, 0.29) is 44.1 Å². The molecule has 3 heterocycles. The van der Waals surface area contributed by atoms with Gasteiger partial charge < -0.3 is 19.8 Å². The van der Waals surface area contributed by atoms with Crippen molar-refractivity contribution in [1.82, 2.24) is 26.4 Å². The van der Waals surface area contributed by atoms with Crippen LogP contribution in [0.15, 0.2) is 24.5 Å². The minimum Gasteiger partial charge on any atom is -0.442 e. The number of nitrogens with zero attached hydrogens (tertiary/aromatic N) is 4. The van der Waals surface area contributed by atoms with Gasteiger partial charge in [0.1, 0.15) is 11.8 Å². The first-order valence-electron chi connectivity index (χ1n) is 10.5. The first-order chi connectivity index (χ1) is 16.6. The third kappa shape index (κ3) is 5.94. The fourth-order valence-corrected chi connectivity index (χ4v) is 3.78. The molecule has 0 saturated carbocycles. The van der Waals surface area contributed by atoms with E-state index in [2.05, 4.69) is 21.1 Å². The Balaban J connectivity index is 1.40. The van der Waals surface area contributed by atoms with Gasteiger partial charge in [0.05, 0.1) is 25.3 Å². The van der Waals surface area contributed by atoms with Crippen LogP contribution in [0.5, 0.6) is 0 Å². The molecule has 3 N–H and O–H groups in total. The first-order valence-corrected chi connectivity index (χ1v) is 10.5. The second-order valence-electron chi connectivity index (χ2n) is 7.82. The number of nitrogens with one attached hydrogen (secondary N) is 3. The highest BCUT2D eigenvalue weighted by Crippen LogP contribution is 2.31. The number of amides is 2. The van der Waals surface area contributed by atoms with Crippen LogP contribution in [0.25, 0.3) is 0 Å². The van der Waals surface area contributed by atoms with Crippen LogP contribution in [0, 0.1) is 11.6 Å². The number of halogens is 5. The molecule has 0 spiro atoms. The quantitative estimate of drug-likeness (QED) is 0.511. The minimum atomic E-state index is -4.68. The Labute approximate surface area is 195 Å². The number of hydrogen-bond acceptors (Lipinski definition) is 9. The monoisotopic (exact) mass is 507 g/mol. The van der Waals surface area contributed by atoms with E-state index < -0.39 is 42.7 Å². The minimum absolute atomic E-state index is 0.00964. The molecule has 16 heteroatoms. The Kier molecular flexibility index (Phi) is 7.02. The first kappa shape index (κ1) is 24.6. The van der Waals surface area contributed by atoms with Gasteiger partial charge in [0.25, 0.3) is 0 Å². The molecule has 0 bridgehead atoms. The van der Waals surface area contributed by atoms with Crippen LogP contribution < -0.4 is 26.2 Å². The van der Waals surface area contributed by atoms with E-state index in [9.17, 15) is 31.5 Å². The fraction of sp³-hybridized carbons (Fsp3) is 0.474. The maximum Gasteiger partial charge on any atom is 0.424 e. The van der Waals surface area contributed by atoms with Gasteiger partial charge in [-0.25, -0.2) is 28.8 Å². The molecular formula is C19H22F5N7O4. The standard InChI is InChI=1S/C19H22F5N7O4/c20-14-7-12(30-10-13(35-17(30)32)9-29-4-1-25-27-29)8-15(21)16(14)28-3-2-26-31(6-5-28)18(33)34-11-19(22,23)24/h1,4,7-8,13,25-27H,2-3,5-6,9-11H2. The Bertz CT molecular complexity index is 972. The van der Waals surface area contributed by atoms with E-state index in [0.717, 1.165) is 22.0 Å². The lowest BCUT2D eigenvalue weighted by Crippen LogP contribution is -2.44. The Morgan fingerprint density at radius 3 is 2.57 bits per heavy atom. The molecule has 1 aromatic carbocycles. The number of hydrogen-bond donors (Lipinski definition) is 3. The molecule has 2 fully saturated rings. The van der Waals surface area contributed by atoms with E-state index in [1.54, 1.807) is 17.4 Å². The molecule has 11 nitrogen and oxygen atoms in total. The lowest BCUT2D eigenvalue weighted by atomic mass is 10.2. The maximum absolute atomic E-state index is 15.0. The van der Waals surface area contributed by atoms with Crippen molar-refractivity contribution in [3.8, 4) is 0 Å². The summed E-state index contributed by atoms with van der Waals surface area (Å²) in [6.07, 6.45) is -3.89. The molecule has 1 unspecified atom stereocenters. The number of carbonyl (C=O) groups excluding carboxylic acids is 2. The number of hydrazine groups is 3. The lowest BCUT2D eigenvalue weighted by Gasteiger charge is -2.25. The number of anilines is 2. The highest BCUT2D eigenvalue weighted by atomic mass is 19.4. The van der Waals surface area contributed by atoms with Gasteiger partial charge in [-0.2, -0.15) is 13.2 Å². The Morgan fingerprint density at radius 1 is 1.17 bits per heavy atom. The van der Waals surface area contributed by atoms with Gasteiger partial charge in [0.15, 0.2) is 18.2 Å². The molecule has 2 amide bonds. The predicted molar refractivity (Wildman–Crippen MR) is 110 cm³/mol. The summed E-state index contributed by atoms with van der Waals surface area (Å²) in [4.78, 5) is 26.5. The number of benzene rings is 1. The molecule has 0 aliphatic carbocycles.